The Bertz CT molecular complexity index is 662. The fourth-order valence-corrected chi connectivity index (χ4v) is 2.22. The second-order valence-electron chi connectivity index (χ2n) is 4.31. The fourth-order valence-electron chi connectivity index (χ4n) is 1.58. The highest BCUT2D eigenvalue weighted by Gasteiger charge is 2.06. The van der Waals surface area contributed by atoms with E-state index in [-0.39, 0.29) is 5.30 Å². The van der Waals surface area contributed by atoms with Crippen LogP contribution < -0.4 is 4.74 Å². The van der Waals surface area contributed by atoms with Crippen LogP contribution in [-0.4, -0.2) is 5.30 Å². The van der Waals surface area contributed by atoms with Crippen LogP contribution >= 0.6 is 11.8 Å². The maximum absolute atomic E-state index is 11.7. The predicted octanol–water partition coefficient (Wildman–Crippen LogP) is 5.37. The van der Waals surface area contributed by atoms with Crippen LogP contribution in [0.4, 0.5) is 10.5 Å². The van der Waals surface area contributed by atoms with Gasteiger partial charge in [-0.25, -0.2) is 4.79 Å². The van der Waals surface area contributed by atoms with Gasteiger partial charge < -0.3 is 4.74 Å². The van der Waals surface area contributed by atoms with Crippen LogP contribution in [0.15, 0.2) is 53.6 Å². The van der Waals surface area contributed by atoms with Crippen molar-refractivity contribution in [2.24, 2.45) is 5.11 Å². The lowest BCUT2D eigenvalue weighted by Crippen LogP contribution is -2.01. The lowest BCUT2D eigenvalue weighted by molar-refractivity contribution is 0.227. The van der Waals surface area contributed by atoms with E-state index in [1.165, 1.54) is 0 Å². The van der Waals surface area contributed by atoms with Gasteiger partial charge in [0.05, 0.1) is 0 Å². The number of ether oxygens (including phenoxy) is 1. The summed E-state index contributed by atoms with van der Waals surface area (Å²) in [6.07, 6.45) is 0. The lowest BCUT2D eigenvalue weighted by atomic mass is 10.2. The largest absolute Gasteiger partial charge is 0.418 e. The Morgan fingerprint density at radius 1 is 1.19 bits per heavy atom. The average molecular weight is 299 g/mol. The summed E-state index contributed by atoms with van der Waals surface area (Å²) < 4.78 is 5.21. The van der Waals surface area contributed by atoms with E-state index in [4.69, 9.17) is 10.3 Å². The van der Waals surface area contributed by atoms with Gasteiger partial charge in [0.1, 0.15) is 5.75 Å². The molecule has 0 aliphatic rings. The molecule has 0 aliphatic heterocycles. The zero-order valence-corrected chi connectivity index (χ0v) is 12.2. The minimum absolute atomic E-state index is 0.349. The highest BCUT2D eigenvalue weighted by molar-refractivity contribution is 8.12. The summed E-state index contributed by atoms with van der Waals surface area (Å²) in [7, 11) is 0. The molecule has 6 heteroatoms. The van der Waals surface area contributed by atoms with Crippen LogP contribution in [0, 0.1) is 6.92 Å². The molecule has 0 heterocycles. The Labute approximate surface area is 126 Å². The third-order valence-corrected chi connectivity index (χ3v) is 3.47. The van der Waals surface area contributed by atoms with Gasteiger partial charge >= 0.3 is 5.30 Å². The molecule has 2 aromatic carbocycles. The minimum atomic E-state index is -0.349. The van der Waals surface area contributed by atoms with Crippen molar-refractivity contribution in [1.82, 2.24) is 0 Å². The van der Waals surface area contributed by atoms with Crippen LogP contribution in [0.25, 0.3) is 10.4 Å². The van der Waals surface area contributed by atoms with Gasteiger partial charge in [0, 0.05) is 16.4 Å². The molecule has 21 heavy (non-hydrogen) atoms. The van der Waals surface area contributed by atoms with Crippen molar-refractivity contribution in [2.45, 2.75) is 12.7 Å². The van der Waals surface area contributed by atoms with Gasteiger partial charge in [0.25, 0.3) is 0 Å². The molecule has 2 aromatic rings. The number of carbonyl (C=O) groups excluding carboxylic acids is 1. The molecule has 0 saturated heterocycles. The molecule has 0 radical (unpaired) electrons. The SMILES string of the molecule is Cc1ccc(OC(=O)SCc2ccc(N=[N+]=[N-])cc2)cc1. The van der Waals surface area contributed by atoms with Crippen molar-refractivity contribution in [1.29, 1.82) is 0 Å². The Hall–Kier alpha value is -2.43. The standard InChI is InChI=1S/C15H13N3O2S/c1-11-2-8-14(9-3-11)20-15(19)21-10-12-4-6-13(7-5-12)17-18-16/h2-9H,10H2,1H3. The van der Waals surface area contributed by atoms with Gasteiger partial charge in [-0.3, -0.25) is 0 Å². The molecule has 106 valence electrons. The molecule has 5 nitrogen and oxygen atoms in total. The summed E-state index contributed by atoms with van der Waals surface area (Å²) in [4.78, 5) is 14.4. The Balaban J connectivity index is 1.86. The Morgan fingerprint density at radius 2 is 1.86 bits per heavy atom. The van der Waals surface area contributed by atoms with Crippen LogP contribution in [0.2, 0.25) is 0 Å². The number of hydrogen-bond acceptors (Lipinski definition) is 4. The quantitative estimate of drug-likeness (QED) is 0.329. The van der Waals surface area contributed by atoms with Crippen molar-refractivity contribution < 1.29 is 9.53 Å². The number of hydrogen-bond donors (Lipinski definition) is 0. The van der Waals surface area contributed by atoms with Gasteiger partial charge in [-0.2, -0.15) is 0 Å². The van der Waals surface area contributed by atoms with Gasteiger partial charge in [0.2, 0.25) is 0 Å². The number of thioether (sulfide) groups is 1. The van der Waals surface area contributed by atoms with E-state index in [0.29, 0.717) is 17.2 Å². The number of azide groups is 1. The molecular weight excluding hydrogens is 286 g/mol. The number of nitrogens with zero attached hydrogens (tertiary/aromatic N) is 3. The molecule has 0 bridgehead atoms. The van der Waals surface area contributed by atoms with E-state index in [2.05, 4.69) is 10.0 Å². The molecule has 0 spiro atoms. The second kappa shape index (κ2) is 7.38. The van der Waals surface area contributed by atoms with Crippen molar-refractivity contribution in [3.05, 3.63) is 70.1 Å². The van der Waals surface area contributed by atoms with Gasteiger partial charge in [-0.05, 0) is 41.9 Å². The first-order valence-electron chi connectivity index (χ1n) is 6.23. The molecule has 2 rings (SSSR count). The zero-order valence-electron chi connectivity index (χ0n) is 11.4. The summed E-state index contributed by atoms with van der Waals surface area (Å²) in [5.41, 5.74) is 10.9. The first kappa shape index (κ1) is 15.0. The van der Waals surface area contributed by atoms with Crippen molar-refractivity contribution in [3.63, 3.8) is 0 Å². The first-order chi connectivity index (χ1) is 10.2. The molecular formula is C15H13N3O2S. The molecule has 0 N–H and O–H groups in total. The second-order valence-corrected chi connectivity index (χ2v) is 5.22. The zero-order chi connectivity index (χ0) is 15.1. The van der Waals surface area contributed by atoms with Crippen LogP contribution in [0.3, 0.4) is 0 Å². The molecule has 0 aliphatic carbocycles. The maximum atomic E-state index is 11.7. The summed E-state index contributed by atoms with van der Waals surface area (Å²) in [5, 5.41) is 3.14. The Morgan fingerprint density at radius 3 is 2.48 bits per heavy atom. The highest BCUT2D eigenvalue weighted by atomic mass is 32.2. The number of carbonyl (C=O) groups is 1. The number of aryl methyl sites for hydroxylation is 1. The van der Waals surface area contributed by atoms with Gasteiger partial charge in [-0.15, -0.1) is 0 Å². The number of rotatable bonds is 4. The molecule has 0 fully saturated rings. The van der Waals surface area contributed by atoms with Crippen molar-refractivity contribution >= 4 is 22.8 Å². The van der Waals surface area contributed by atoms with E-state index in [0.717, 1.165) is 22.9 Å². The van der Waals surface area contributed by atoms with E-state index < -0.39 is 0 Å². The normalized spacial score (nSPS) is 9.76. The topological polar surface area (TPSA) is 75.1 Å². The van der Waals surface area contributed by atoms with Crippen LogP contribution in [0.5, 0.6) is 5.75 Å². The average Bonchev–Trinajstić information content (AvgIpc) is 2.49. The molecule has 0 atom stereocenters. The first-order valence-corrected chi connectivity index (χ1v) is 7.21. The predicted molar refractivity (Wildman–Crippen MR) is 83.7 cm³/mol. The van der Waals surface area contributed by atoms with Crippen LogP contribution in [0.1, 0.15) is 11.1 Å². The summed E-state index contributed by atoms with van der Waals surface area (Å²) in [6.45, 7) is 1.97. The molecule has 0 amide bonds. The van der Waals surface area contributed by atoms with E-state index in [1.807, 2.05) is 31.2 Å². The van der Waals surface area contributed by atoms with Crippen LogP contribution in [-0.2, 0) is 5.75 Å². The van der Waals surface area contributed by atoms with E-state index in [9.17, 15) is 4.79 Å². The molecule has 0 aromatic heterocycles. The fraction of sp³-hybridized carbons (Fsp3) is 0.133. The maximum Gasteiger partial charge on any atom is 0.373 e. The Kier molecular flexibility index (Phi) is 5.26. The summed E-state index contributed by atoms with van der Waals surface area (Å²) in [5.74, 6) is 1.04. The van der Waals surface area contributed by atoms with Gasteiger partial charge in [0.15, 0.2) is 0 Å². The molecule has 0 saturated carbocycles. The third-order valence-electron chi connectivity index (χ3n) is 2.68. The third kappa shape index (κ3) is 4.87. The van der Waals surface area contributed by atoms with Gasteiger partial charge in [-0.1, -0.05) is 47.1 Å². The van der Waals surface area contributed by atoms with Crippen molar-refractivity contribution in [3.8, 4) is 5.75 Å². The van der Waals surface area contributed by atoms with E-state index in [1.54, 1.807) is 24.3 Å². The summed E-state index contributed by atoms with van der Waals surface area (Å²) >= 11 is 1.08. The smallest absolute Gasteiger partial charge is 0.373 e. The lowest BCUT2D eigenvalue weighted by Gasteiger charge is -2.04. The molecule has 0 unspecified atom stereocenters. The van der Waals surface area contributed by atoms with E-state index >= 15 is 0 Å². The van der Waals surface area contributed by atoms with Crippen molar-refractivity contribution in [2.75, 3.05) is 0 Å². The summed E-state index contributed by atoms with van der Waals surface area (Å²) in [6, 6.07) is 14.4. The monoisotopic (exact) mass is 299 g/mol. The minimum Gasteiger partial charge on any atom is -0.418 e. The highest BCUT2D eigenvalue weighted by Crippen LogP contribution is 2.20. The number of benzene rings is 2.